The van der Waals surface area contributed by atoms with Crippen LogP contribution >= 0.6 is 11.3 Å². The maximum absolute atomic E-state index is 10.0. The summed E-state index contributed by atoms with van der Waals surface area (Å²) in [5.41, 5.74) is 0.498. The standard InChI is InChI=1S/C11H20N2OS/c1-4-11(14,5-2)8-12-6-10-7-15-9(3)13-10/h7,12,14H,4-6,8H2,1-3H3. The highest BCUT2D eigenvalue weighted by atomic mass is 32.1. The third-order valence-electron chi connectivity index (χ3n) is 2.74. The normalized spacial score (nSPS) is 12.0. The van der Waals surface area contributed by atoms with Crippen molar-refractivity contribution in [2.75, 3.05) is 6.54 Å². The number of aliphatic hydroxyl groups is 1. The van der Waals surface area contributed by atoms with Gasteiger partial charge in [-0.1, -0.05) is 13.8 Å². The number of rotatable bonds is 6. The first kappa shape index (κ1) is 12.6. The average molecular weight is 228 g/mol. The van der Waals surface area contributed by atoms with E-state index in [2.05, 4.69) is 15.7 Å². The Morgan fingerprint density at radius 3 is 2.60 bits per heavy atom. The van der Waals surface area contributed by atoms with Gasteiger partial charge in [-0.15, -0.1) is 11.3 Å². The minimum atomic E-state index is -0.564. The van der Waals surface area contributed by atoms with Crippen molar-refractivity contribution < 1.29 is 5.11 Å². The molecule has 0 amide bonds. The molecule has 0 radical (unpaired) electrons. The summed E-state index contributed by atoms with van der Waals surface area (Å²) in [5.74, 6) is 0. The first-order valence-corrected chi connectivity index (χ1v) is 6.31. The first-order valence-electron chi connectivity index (χ1n) is 5.43. The quantitative estimate of drug-likeness (QED) is 0.783. The lowest BCUT2D eigenvalue weighted by atomic mass is 9.98. The highest BCUT2D eigenvalue weighted by molar-refractivity contribution is 7.09. The maximum atomic E-state index is 10.0. The van der Waals surface area contributed by atoms with E-state index in [-0.39, 0.29) is 0 Å². The van der Waals surface area contributed by atoms with Crippen LogP contribution < -0.4 is 5.32 Å². The Labute approximate surface area is 95.6 Å². The fourth-order valence-corrected chi connectivity index (χ4v) is 2.03. The molecule has 3 nitrogen and oxygen atoms in total. The molecule has 1 heterocycles. The lowest BCUT2D eigenvalue weighted by Crippen LogP contribution is -2.39. The van der Waals surface area contributed by atoms with E-state index in [0.717, 1.165) is 30.1 Å². The van der Waals surface area contributed by atoms with E-state index in [0.29, 0.717) is 6.54 Å². The Balaban J connectivity index is 2.32. The van der Waals surface area contributed by atoms with Crippen LogP contribution in [0.4, 0.5) is 0 Å². The Morgan fingerprint density at radius 1 is 1.47 bits per heavy atom. The van der Waals surface area contributed by atoms with Crippen LogP contribution in [-0.2, 0) is 6.54 Å². The molecule has 0 saturated carbocycles. The molecule has 0 unspecified atom stereocenters. The minimum absolute atomic E-state index is 0.564. The molecule has 4 heteroatoms. The molecule has 0 fully saturated rings. The first-order chi connectivity index (χ1) is 7.09. The highest BCUT2D eigenvalue weighted by Crippen LogP contribution is 2.13. The van der Waals surface area contributed by atoms with Gasteiger partial charge in [0, 0.05) is 18.5 Å². The van der Waals surface area contributed by atoms with Crippen molar-refractivity contribution in [2.24, 2.45) is 0 Å². The van der Waals surface area contributed by atoms with Crippen LogP contribution in [0.5, 0.6) is 0 Å². The zero-order valence-electron chi connectivity index (χ0n) is 9.71. The molecule has 15 heavy (non-hydrogen) atoms. The molecular weight excluding hydrogens is 208 g/mol. The second-order valence-corrected chi connectivity index (χ2v) is 4.96. The summed E-state index contributed by atoms with van der Waals surface area (Å²) in [4.78, 5) is 4.36. The summed E-state index contributed by atoms with van der Waals surface area (Å²) in [7, 11) is 0. The molecule has 86 valence electrons. The summed E-state index contributed by atoms with van der Waals surface area (Å²) < 4.78 is 0. The number of hydrogen-bond donors (Lipinski definition) is 2. The number of aryl methyl sites for hydroxylation is 1. The van der Waals surface area contributed by atoms with Gasteiger partial charge in [0.1, 0.15) is 0 Å². The van der Waals surface area contributed by atoms with Crippen LogP contribution in [-0.4, -0.2) is 22.2 Å². The lowest BCUT2D eigenvalue weighted by molar-refractivity contribution is 0.0322. The van der Waals surface area contributed by atoms with Gasteiger partial charge >= 0.3 is 0 Å². The third-order valence-corrected chi connectivity index (χ3v) is 3.57. The van der Waals surface area contributed by atoms with E-state index in [1.165, 1.54) is 0 Å². The van der Waals surface area contributed by atoms with E-state index < -0.39 is 5.60 Å². The van der Waals surface area contributed by atoms with Crippen molar-refractivity contribution >= 4 is 11.3 Å². The van der Waals surface area contributed by atoms with Crippen molar-refractivity contribution in [3.63, 3.8) is 0 Å². The molecule has 2 N–H and O–H groups in total. The van der Waals surface area contributed by atoms with E-state index in [1.807, 2.05) is 20.8 Å². The summed E-state index contributed by atoms with van der Waals surface area (Å²) in [6.07, 6.45) is 1.57. The van der Waals surface area contributed by atoms with E-state index >= 15 is 0 Å². The molecule has 1 aromatic rings. The molecule has 0 aliphatic carbocycles. The summed E-state index contributed by atoms with van der Waals surface area (Å²) in [6.45, 7) is 7.40. The van der Waals surface area contributed by atoms with Gasteiger partial charge in [0.2, 0.25) is 0 Å². The van der Waals surface area contributed by atoms with Crippen molar-refractivity contribution in [1.82, 2.24) is 10.3 Å². The predicted molar refractivity (Wildman–Crippen MR) is 64.1 cm³/mol. The molecule has 0 atom stereocenters. The van der Waals surface area contributed by atoms with Gasteiger partial charge in [-0.2, -0.15) is 0 Å². The Hall–Kier alpha value is -0.450. The fraction of sp³-hybridized carbons (Fsp3) is 0.727. The second-order valence-electron chi connectivity index (χ2n) is 3.89. The SMILES string of the molecule is CCC(O)(CC)CNCc1csc(C)n1. The number of nitrogens with zero attached hydrogens (tertiary/aromatic N) is 1. The number of thiazole rings is 1. The average Bonchev–Trinajstić information content (AvgIpc) is 2.64. The molecule has 0 aromatic carbocycles. The topological polar surface area (TPSA) is 45.1 Å². The molecule has 1 rings (SSSR count). The lowest BCUT2D eigenvalue weighted by Gasteiger charge is -2.25. The molecule has 0 aliphatic heterocycles. The summed E-state index contributed by atoms with van der Waals surface area (Å²) >= 11 is 1.66. The van der Waals surface area contributed by atoms with Crippen LogP contribution in [0.1, 0.15) is 37.4 Å². The number of hydrogen-bond acceptors (Lipinski definition) is 4. The van der Waals surface area contributed by atoms with Gasteiger partial charge in [0.25, 0.3) is 0 Å². The third kappa shape index (κ3) is 3.89. The predicted octanol–water partition coefficient (Wildman–Crippen LogP) is 2.09. The highest BCUT2D eigenvalue weighted by Gasteiger charge is 2.21. The van der Waals surface area contributed by atoms with Crippen molar-refractivity contribution in [3.8, 4) is 0 Å². The Bertz CT molecular complexity index is 295. The van der Waals surface area contributed by atoms with Crippen LogP contribution in [0.2, 0.25) is 0 Å². The van der Waals surface area contributed by atoms with Gasteiger partial charge in [-0.05, 0) is 19.8 Å². The zero-order valence-corrected chi connectivity index (χ0v) is 10.5. The molecule has 0 bridgehead atoms. The Kier molecular flexibility index (Phi) is 4.70. The van der Waals surface area contributed by atoms with Crippen LogP contribution in [0.25, 0.3) is 0 Å². The van der Waals surface area contributed by atoms with E-state index in [1.54, 1.807) is 11.3 Å². The summed E-state index contributed by atoms with van der Waals surface area (Å²) in [5, 5.41) is 16.4. The maximum Gasteiger partial charge on any atom is 0.0897 e. The van der Waals surface area contributed by atoms with Gasteiger partial charge in [0.05, 0.1) is 16.3 Å². The van der Waals surface area contributed by atoms with Gasteiger partial charge in [0.15, 0.2) is 0 Å². The molecule has 0 spiro atoms. The summed E-state index contributed by atoms with van der Waals surface area (Å²) in [6, 6.07) is 0. The van der Waals surface area contributed by atoms with Gasteiger partial charge in [-0.3, -0.25) is 0 Å². The van der Waals surface area contributed by atoms with Crippen molar-refractivity contribution in [3.05, 3.63) is 16.1 Å². The van der Waals surface area contributed by atoms with Crippen LogP contribution in [0.15, 0.2) is 5.38 Å². The monoisotopic (exact) mass is 228 g/mol. The van der Waals surface area contributed by atoms with E-state index in [4.69, 9.17) is 0 Å². The van der Waals surface area contributed by atoms with Gasteiger partial charge in [-0.25, -0.2) is 4.98 Å². The van der Waals surface area contributed by atoms with Crippen molar-refractivity contribution in [2.45, 2.75) is 45.8 Å². The van der Waals surface area contributed by atoms with Gasteiger partial charge < -0.3 is 10.4 Å². The minimum Gasteiger partial charge on any atom is -0.389 e. The smallest absolute Gasteiger partial charge is 0.0897 e. The molecule has 1 aromatic heterocycles. The van der Waals surface area contributed by atoms with Crippen LogP contribution in [0, 0.1) is 6.92 Å². The van der Waals surface area contributed by atoms with Crippen molar-refractivity contribution in [1.29, 1.82) is 0 Å². The number of aromatic nitrogens is 1. The Morgan fingerprint density at radius 2 is 2.13 bits per heavy atom. The molecule has 0 aliphatic rings. The molecular formula is C11H20N2OS. The van der Waals surface area contributed by atoms with E-state index in [9.17, 15) is 5.11 Å². The van der Waals surface area contributed by atoms with Crippen LogP contribution in [0.3, 0.4) is 0 Å². The zero-order chi connectivity index (χ0) is 11.3. The second kappa shape index (κ2) is 5.58. The molecule has 0 saturated heterocycles. The fourth-order valence-electron chi connectivity index (χ4n) is 1.41. The largest absolute Gasteiger partial charge is 0.389 e. The number of nitrogens with one attached hydrogen (secondary N) is 1.